The van der Waals surface area contributed by atoms with Gasteiger partial charge in [0.1, 0.15) is 4.90 Å². The van der Waals surface area contributed by atoms with Gasteiger partial charge in [-0.2, -0.15) is 0 Å². The van der Waals surface area contributed by atoms with E-state index in [0.717, 1.165) is 4.31 Å². The van der Waals surface area contributed by atoms with Crippen LogP contribution in [0.3, 0.4) is 0 Å². The van der Waals surface area contributed by atoms with Gasteiger partial charge in [0.2, 0.25) is 0 Å². The Morgan fingerprint density at radius 2 is 1.73 bits per heavy atom. The van der Waals surface area contributed by atoms with Crippen molar-refractivity contribution in [2.75, 3.05) is 40.5 Å². The highest BCUT2D eigenvalue weighted by Crippen LogP contribution is 2.32. The second-order valence-electron chi connectivity index (χ2n) is 6.19. The molecule has 0 radical (unpaired) electrons. The largest absolute Gasteiger partial charge is 0.383 e. The summed E-state index contributed by atoms with van der Waals surface area (Å²) in [5.41, 5.74) is 0.300. The highest BCUT2D eigenvalue weighted by atomic mass is 32.2. The lowest BCUT2D eigenvalue weighted by molar-refractivity contribution is 0.0626. The SMILES string of the molecule is COCCN(CCOC)C(=O)c1ccc2c(c1)S(=O)(=O)N(C(C)C)C2=O. The van der Waals surface area contributed by atoms with Crippen LogP contribution in [-0.4, -0.2) is 76.0 Å². The van der Waals surface area contributed by atoms with Crippen LogP contribution in [0.2, 0.25) is 0 Å². The van der Waals surface area contributed by atoms with Gasteiger partial charge < -0.3 is 14.4 Å². The number of fused-ring (bicyclic) bond motifs is 1. The number of nitrogens with zero attached hydrogens (tertiary/aromatic N) is 2. The standard InChI is InChI=1S/C17H24N2O6S/c1-12(2)19-17(21)14-6-5-13(11-15(14)26(19,22)23)16(20)18(7-9-24-3)8-10-25-4/h5-6,11-12H,7-10H2,1-4H3. The van der Waals surface area contributed by atoms with Crippen LogP contribution in [0.4, 0.5) is 0 Å². The molecule has 1 heterocycles. The van der Waals surface area contributed by atoms with Gasteiger partial charge in [0.05, 0.1) is 18.8 Å². The number of carbonyl (C=O) groups excluding carboxylic acids is 2. The van der Waals surface area contributed by atoms with Gasteiger partial charge in [0.15, 0.2) is 0 Å². The third-order valence-corrected chi connectivity index (χ3v) is 6.08. The monoisotopic (exact) mass is 384 g/mol. The predicted molar refractivity (Wildman–Crippen MR) is 94.6 cm³/mol. The van der Waals surface area contributed by atoms with E-state index in [1.165, 1.54) is 37.3 Å². The topological polar surface area (TPSA) is 93.2 Å². The van der Waals surface area contributed by atoms with Gasteiger partial charge in [-0.1, -0.05) is 0 Å². The minimum absolute atomic E-state index is 0.0931. The Morgan fingerprint density at radius 3 is 2.23 bits per heavy atom. The summed E-state index contributed by atoms with van der Waals surface area (Å²) in [7, 11) is -0.877. The first-order valence-electron chi connectivity index (χ1n) is 8.25. The Hall–Kier alpha value is -1.97. The van der Waals surface area contributed by atoms with Crippen molar-refractivity contribution in [3.63, 3.8) is 0 Å². The van der Waals surface area contributed by atoms with Crippen LogP contribution in [0.15, 0.2) is 23.1 Å². The van der Waals surface area contributed by atoms with Crippen LogP contribution in [0.25, 0.3) is 0 Å². The van der Waals surface area contributed by atoms with Crippen LogP contribution in [0.1, 0.15) is 34.6 Å². The number of ether oxygens (including phenoxy) is 2. The summed E-state index contributed by atoms with van der Waals surface area (Å²) < 4.78 is 36.2. The fraction of sp³-hybridized carbons (Fsp3) is 0.529. The highest BCUT2D eigenvalue weighted by molar-refractivity contribution is 7.90. The molecule has 0 aromatic heterocycles. The Bertz CT molecular complexity index is 782. The van der Waals surface area contributed by atoms with E-state index in [9.17, 15) is 18.0 Å². The van der Waals surface area contributed by atoms with Crippen molar-refractivity contribution in [3.05, 3.63) is 29.3 Å². The normalized spacial score (nSPS) is 15.4. The molecule has 144 valence electrons. The lowest BCUT2D eigenvalue weighted by Gasteiger charge is -2.22. The summed E-state index contributed by atoms with van der Waals surface area (Å²) in [6, 6.07) is 3.65. The summed E-state index contributed by atoms with van der Waals surface area (Å²) in [5, 5.41) is 0. The minimum atomic E-state index is -3.95. The van der Waals surface area contributed by atoms with E-state index >= 15 is 0 Å². The van der Waals surface area contributed by atoms with E-state index in [2.05, 4.69) is 0 Å². The predicted octanol–water partition coefficient (Wildman–Crippen LogP) is 0.975. The molecule has 0 bridgehead atoms. The van der Waals surface area contributed by atoms with Gasteiger partial charge in [0.25, 0.3) is 21.8 Å². The first kappa shape index (κ1) is 20.3. The molecule has 26 heavy (non-hydrogen) atoms. The van der Waals surface area contributed by atoms with Crippen molar-refractivity contribution >= 4 is 21.8 Å². The third kappa shape index (κ3) is 3.74. The summed E-state index contributed by atoms with van der Waals surface area (Å²) in [5.74, 6) is -0.905. The van der Waals surface area contributed by atoms with Crippen molar-refractivity contribution in [1.29, 1.82) is 0 Å². The molecule has 0 saturated carbocycles. The average Bonchev–Trinajstić information content (AvgIpc) is 2.80. The molecule has 0 aliphatic carbocycles. The quantitative estimate of drug-likeness (QED) is 0.663. The van der Waals surface area contributed by atoms with E-state index in [-0.39, 0.29) is 21.9 Å². The van der Waals surface area contributed by atoms with Crippen LogP contribution in [-0.2, 0) is 19.5 Å². The number of sulfonamides is 1. The van der Waals surface area contributed by atoms with Crippen molar-refractivity contribution in [2.24, 2.45) is 0 Å². The lowest BCUT2D eigenvalue weighted by atomic mass is 10.1. The zero-order chi connectivity index (χ0) is 19.5. The Labute approximate surface area is 153 Å². The zero-order valence-electron chi connectivity index (χ0n) is 15.4. The number of rotatable bonds is 8. The molecule has 1 aromatic carbocycles. The molecule has 0 fully saturated rings. The maximum atomic E-state index is 12.8. The number of carbonyl (C=O) groups is 2. The molecule has 0 N–H and O–H groups in total. The number of benzene rings is 1. The third-order valence-electron chi connectivity index (χ3n) is 4.08. The Kier molecular flexibility index (Phi) is 6.38. The molecule has 9 heteroatoms. The van der Waals surface area contributed by atoms with Crippen molar-refractivity contribution in [1.82, 2.24) is 9.21 Å². The molecule has 0 atom stereocenters. The van der Waals surface area contributed by atoms with Crippen molar-refractivity contribution in [2.45, 2.75) is 24.8 Å². The van der Waals surface area contributed by atoms with E-state index < -0.39 is 22.0 Å². The van der Waals surface area contributed by atoms with Gasteiger partial charge in [-0.3, -0.25) is 9.59 Å². The van der Waals surface area contributed by atoms with Crippen LogP contribution in [0.5, 0.6) is 0 Å². The summed E-state index contributed by atoms with van der Waals surface area (Å²) in [4.78, 5) is 26.6. The fourth-order valence-electron chi connectivity index (χ4n) is 2.79. The van der Waals surface area contributed by atoms with E-state index in [0.29, 0.717) is 26.3 Å². The fourth-order valence-corrected chi connectivity index (χ4v) is 4.58. The maximum Gasteiger partial charge on any atom is 0.269 e. The Morgan fingerprint density at radius 1 is 1.15 bits per heavy atom. The number of hydrogen-bond acceptors (Lipinski definition) is 6. The summed E-state index contributed by atoms with van der Waals surface area (Å²) in [6.07, 6.45) is 0. The number of methoxy groups -OCH3 is 2. The van der Waals surface area contributed by atoms with Crippen molar-refractivity contribution in [3.8, 4) is 0 Å². The minimum Gasteiger partial charge on any atom is -0.383 e. The molecule has 1 aromatic rings. The van der Waals surface area contributed by atoms with Crippen LogP contribution in [0, 0.1) is 0 Å². The smallest absolute Gasteiger partial charge is 0.269 e. The summed E-state index contributed by atoms with van der Waals surface area (Å²) >= 11 is 0. The molecular weight excluding hydrogens is 360 g/mol. The second-order valence-corrected chi connectivity index (χ2v) is 7.97. The van der Waals surface area contributed by atoms with Crippen molar-refractivity contribution < 1.29 is 27.5 Å². The first-order chi connectivity index (χ1) is 12.3. The highest BCUT2D eigenvalue weighted by Gasteiger charge is 2.43. The molecule has 2 rings (SSSR count). The van der Waals surface area contributed by atoms with Gasteiger partial charge >= 0.3 is 0 Å². The van der Waals surface area contributed by atoms with Crippen LogP contribution < -0.4 is 0 Å². The molecule has 8 nitrogen and oxygen atoms in total. The molecule has 1 aliphatic heterocycles. The van der Waals surface area contributed by atoms with Gasteiger partial charge in [0, 0.05) is 38.9 Å². The molecule has 0 saturated heterocycles. The van der Waals surface area contributed by atoms with Gasteiger partial charge in [-0.25, -0.2) is 12.7 Å². The average molecular weight is 384 g/mol. The lowest BCUT2D eigenvalue weighted by Crippen LogP contribution is -2.36. The maximum absolute atomic E-state index is 12.8. The van der Waals surface area contributed by atoms with E-state index in [1.54, 1.807) is 13.8 Å². The molecule has 2 amide bonds. The molecule has 0 spiro atoms. The molecule has 0 unspecified atom stereocenters. The number of amides is 2. The molecular formula is C17H24N2O6S. The van der Waals surface area contributed by atoms with E-state index in [4.69, 9.17) is 9.47 Å². The van der Waals surface area contributed by atoms with Gasteiger partial charge in [-0.05, 0) is 32.0 Å². The molecule has 1 aliphatic rings. The van der Waals surface area contributed by atoms with Gasteiger partial charge in [-0.15, -0.1) is 0 Å². The zero-order valence-corrected chi connectivity index (χ0v) is 16.2. The Balaban J connectivity index is 2.38. The van der Waals surface area contributed by atoms with E-state index in [1.807, 2.05) is 0 Å². The first-order valence-corrected chi connectivity index (χ1v) is 9.69. The summed E-state index contributed by atoms with van der Waals surface area (Å²) in [6.45, 7) is 4.64. The number of hydrogen-bond donors (Lipinski definition) is 0. The second kappa shape index (κ2) is 8.15. The van der Waals surface area contributed by atoms with Crippen LogP contribution >= 0.6 is 0 Å².